The third kappa shape index (κ3) is 4.03. The van der Waals surface area contributed by atoms with Crippen LogP contribution in [0.4, 0.5) is 8.78 Å². The highest BCUT2D eigenvalue weighted by molar-refractivity contribution is 7.89. The molecule has 1 aromatic carbocycles. The van der Waals surface area contributed by atoms with Crippen LogP contribution in [0.5, 0.6) is 0 Å². The van der Waals surface area contributed by atoms with Crippen molar-refractivity contribution in [2.75, 3.05) is 0 Å². The number of hydrogen-bond donors (Lipinski definition) is 1. The van der Waals surface area contributed by atoms with E-state index in [2.05, 4.69) is 20.0 Å². The summed E-state index contributed by atoms with van der Waals surface area (Å²) in [7, 11) is -2.37. The zero-order valence-corrected chi connectivity index (χ0v) is 20.1. The van der Waals surface area contributed by atoms with E-state index in [1.54, 1.807) is 24.7 Å². The van der Waals surface area contributed by atoms with Crippen LogP contribution in [0.25, 0.3) is 16.2 Å². The third-order valence-corrected chi connectivity index (χ3v) is 8.18. The highest BCUT2D eigenvalue weighted by atomic mass is 32.2. The number of sulfonamides is 1. The molecule has 0 atom stereocenters. The van der Waals surface area contributed by atoms with E-state index in [1.807, 2.05) is 6.07 Å². The van der Waals surface area contributed by atoms with Gasteiger partial charge in [-0.05, 0) is 44.0 Å². The van der Waals surface area contributed by atoms with Gasteiger partial charge in [-0.3, -0.25) is 9.25 Å². The number of benzene rings is 1. The van der Waals surface area contributed by atoms with Gasteiger partial charge in [0.05, 0.1) is 39.9 Å². The molecule has 35 heavy (non-hydrogen) atoms. The maximum absolute atomic E-state index is 13.5. The Morgan fingerprint density at radius 3 is 2.57 bits per heavy atom. The highest BCUT2D eigenvalue weighted by Crippen LogP contribution is 2.36. The number of nitrogens with one attached hydrogen (secondary N) is 1. The number of nitrogens with zero attached hydrogens (tertiary/aromatic N) is 7. The topological polar surface area (TPSA) is 140 Å². The van der Waals surface area contributed by atoms with Crippen LogP contribution in [0, 0.1) is 18.3 Å². The van der Waals surface area contributed by atoms with Gasteiger partial charge in [0.2, 0.25) is 15.2 Å². The smallest absolute Gasteiger partial charge is 0.286 e. The van der Waals surface area contributed by atoms with Crippen molar-refractivity contribution in [1.29, 1.82) is 5.26 Å². The number of nitriles is 1. The Bertz CT molecular complexity index is 1670. The van der Waals surface area contributed by atoms with Crippen LogP contribution in [0.1, 0.15) is 35.7 Å². The summed E-state index contributed by atoms with van der Waals surface area (Å²) >= 11 is 0.539. The van der Waals surface area contributed by atoms with E-state index >= 15 is 0 Å². The summed E-state index contributed by atoms with van der Waals surface area (Å²) in [6, 6.07) is 7.83. The van der Waals surface area contributed by atoms with Crippen molar-refractivity contribution < 1.29 is 17.2 Å². The Kier molecular flexibility index (Phi) is 5.34. The molecule has 1 aliphatic rings. The SMILES string of the molecule is Cc1cc(Cn2c(=O)n(-c3nnc(C(F)F)s3)c3cc(S(=O)(=O)NC4(C#N)CC4)ccc32)n(C)n1. The van der Waals surface area contributed by atoms with Gasteiger partial charge in [0.15, 0.2) is 5.01 Å². The minimum atomic E-state index is -4.10. The van der Waals surface area contributed by atoms with Crippen molar-refractivity contribution in [3.8, 4) is 11.2 Å². The molecule has 1 fully saturated rings. The van der Waals surface area contributed by atoms with Crippen LogP contribution >= 0.6 is 11.3 Å². The van der Waals surface area contributed by atoms with Gasteiger partial charge in [0, 0.05) is 7.05 Å². The largest absolute Gasteiger partial charge is 0.335 e. The lowest BCUT2D eigenvalue weighted by Crippen LogP contribution is -2.35. The van der Waals surface area contributed by atoms with Crippen LogP contribution < -0.4 is 10.4 Å². The van der Waals surface area contributed by atoms with Crippen molar-refractivity contribution in [2.24, 2.45) is 7.05 Å². The molecule has 0 radical (unpaired) electrons. The van der Waals surface area contributed by atoms with E-state index in [0.717, 1.165) is 10.3 Å². The Balaban J connectivity index is 1.69. The minimum Gasteiger partial charge on any atom is -0.286 e. The van der Waals surface area contributed by atoms with E-state index in [0.29, 0.717) is 35.4 Å². The average molecular weight is 521 g/mol. The molecule has 0 unspecified atom stereocenters. The minimum absolute atomic E-state index is 0.0993. The second kappa shape index (κ2) is 8.04. The standard InChI is InChI=1S/C20H18F2N8O3S2/c1-11-7-12(28(2)26-11)9-29-14-4-3-13(35(32,33)27-20(10-23)5-6-20)8-15(14)30(19(29)31)18-25-24-17(34-18)16(21)22/h3-4,7-8,16,27H,5-6,9H2,1-2H3. The number of rotatable bonds is 7. The molecule has 0 aliphatic heterocycles. The molecule has 4 aromatic rings. The first-order valence-corrected chi connectivity index (χ1v) is 12.7. The van der Waals surface area contributed by atoms with E-state index in [1.165, 1.54) is 22.8 Å². The normalized spacial score (nSPS) is 15.1. The molecule has 0 saturated heterocycles. The molecule has 0 spiro atoms. The number of imidazole rings is 1. The molecule has 1 N–H and O–H groups in total. The van der Waals surface area contributed by atoms with Crippen LogP contribution in [0.15, 0.2) is 34.0 Å². The summed E-state index contributed by atoms with van der Waals surface area (Å²) in [5, 5.41) is 20.1. The molecule has 5 rings (SSSR count). The first kappa shape index (κ1) is 23.3. The third-order valence-electron chi connectivity index (χ3n) is 5.73. The van der Waals surface area contributed by atoms with E-state index < -0.39 is 32.7 Å². The Hall–Kier alpha value is -3.48. The Morgan fingerprint density at radius 2 is 2.00 bits per heavy atom. The number of halogens is 2. The van der Waals surface area contributed by atoms with Crippen molar-refractivity contribution in [3.05, 3.63) is 51.1 Å². The van der Waals surface area contributed by atoms with Gasteiger partial charge < -0.3 is 0 Å². The fourth-order valence-corrected chi connectivity index (χ4v) is 5.90. The molecule has 182 valence electrons. The number of hydrogen-bond acceptors (Lipinski definition) is 8. The molecule has 0 bridgehead atoms. The molecule has 15 heteroatoms. The number of aryl methyl sites for hydroxylation is 2. The molecule has 0 amide bonds. The van der Waals surface area contributed by atoms with Gasteiger partial charge in [-0.25, -0.2) is 26.6 Å². The van der Waals surface area contributed by atoms with Gasteiger partial charge in [-0.15, -0.1) is 10.2 Å². The maximum atomic E-state index is 13.5. The predicted molar refractivity (Wildman–Crippen MR) is 121 cm³/mol. The van der Waals surface area contributed by atoms with Crippen molar-refractivity contribution in [3.63, 3.8) is 0 Å². The number of aromatic nitrogens is 6. The lowest BCUT2D eigenvalue weighted by molar-refractivity contribution is 0.150. The summed E-state index contributed by atoms with van der Waals surface area (Å²) in [6.07, 6.45) is -2.07. The summed E-state index contributed by atoms with van der Waals surface area (Å²) in [4.78, 5) is 13.3. The summed E-state index contributed by atoms with van der Waals surface area (Å²) in [5.74, 6) is 0. The maximum Gasteiger partial charge on any atom is 0.335 e. The molecular formula is C20H18F2N8O3S2. The van der Waals surface area contributed by atoms with Gasteiger partial charge in [0.1, 0.15) is 5.54 Å². The first-order chi connectivity index (χ1) is 16.5. The lowest BCUT2D eigenvalue weighted by atomic mass is 10.3. The quantitative estimate of drug-likeness (QED) is 0.393. The van der Waals surface area contributed by atoms with Gasteiger partial charge in [-0.1, -0.05) is 11.3 Å². The number of alkyl halides is 2. The van der Waals surface area contributed by atoms with Crippen molar-refractivity contribution >= 4 is 32.4 Å². The van der Waals surface area contributed by atoms with Crippen molar-refractivity contribution in [2.45, 2.75) is 43.2 Å². The fraction of sp³-hybridized carbons (Fsp3) is 0.350. The van der Waals surface area contributed by atoms with Crippen LogP contribution in [0.2, 0.25) is 0 Å². The monoisotopic (exact) mass is 520 g/mol. The summed E-state index contributed by atoms with van der Waals surface area (Å²) in [6.45, 7) is 1.91. The summed E-state index contributed by atoms with van der Waals surface area (Å²) < 4.78 is 58.7. The van der Waals surface area contributed by atoms with Gasteiger partial charge in [-0.2, -0.15) is 15.1 Å². The van der Waals surface area contributed by atoms with Crippen LogP contribution in [-0.2, 0) is 23.6 Å². The molecule has 1 saturated carbocycles. The average Bonchev–Trinajstić information content (AvgIpc) is 3.12. The summed E-state index contributed by atoms with van der Waals surface area (Å²) in [5.41, 5.74) is 0.225. The van der Waals surface area contributed by atoms with Crippen molar-refractivity contribution in [1.82, 2.24) is 33.8 Å². The van der Waals surface area contributed by atoms with Crippen LogP contribution in [0.3, 0.4) is 0 Å². The molecular weight excluding hydrogens is 502 g/mol. The zero-order valence-electron chi connectivity index (χ0n) is 18.4. The second-order valence-corrected chi connectivity index (χ2v) is 10.9. The first-order valence-electron chi connectivity index (χ1n) is 10.4. The Labute approximate surface area is 201 Å². The Morgan fingerprint density at radius 1 is 1.26 bits per heavy atom. The fourth-order valence-electron chi connectivity index (χ4n) is 3.80. The second-order valence-electron chi connectivity index (χ2n) is 8.28. The number of fused-ring (bicyclic) bond motifs is 1. The van der Waals surface area contributed by atoms with E-state index in [-0.39, 0.29) is 22.1 Å². The van der Waals surface area contributed by atoms with Crippen LogP contribution in [-0.4, -0.2) is 43.1 Å². The molecule has 1 aliphatic carbocycles. The predicted octanol–water partition coefficient (Wildman–Crippen LogP) is 2.01. The zero-order chi connectivity index (χ0) is 25.1. The molecule has 3 aromatic heterocycles. The van der Waals surface area contributed by atoms with E-state index in [9.17, 15) is 27.3 Å². The van der Waals surface area contributed by atoms with E-state index in [4.69, 9.17) is 0 Å². The van der Waals surface area contributed by atoms with Gasteiger partial charge >= 0.3 is 5.69 Å². The lowest BCUT2D eigenvalue weighted by Gasteiger charge is -2.10. The highest BCUT2D eigenvalue weighted by Gasteiger charge is 2.46. The molecule has 3 heterocycles. The molecule has 11 nitrogen and oxygen atoms in total. The van der Waals surface area contributed by atoms with Gasteiger partial charge in [0.25, 0.3) is 6.43 Å².